The molecule has 0 amide bonds. The molecular weight excluding hydrogens is 222 g/mol. The van der Waals surface area contributed by atoms with Crippen LogP contribution in [0.4, 0.5) is 0 Å². The molecule has 0 aliphatic carbocycles. The average molecular weight is 241 g/mol. The molecule has 0 heterocycles. The quantitative estimate of drug-likeness (QED) is 0.669. The largest absolute Gasteiger partial charge is 0.493 e. The molecule has 0 aromatic heterocycles. The molecule has 0 aliphatic heterocycles. The Balaban J connectivity index is 2.91. The number of likely N-dealkylation sites (N-methyl/N-ethyl adjacent to an activating group) is 1. The van der Waals surface area contributed by atoms with Gasteiger partial charge in [0, 0.05) is 6.54 Å². The molecule has 2 atom stereocenters. The van der Waals surface area contributed by atoms with Gasteiger partial charge in [-0.2, -0.15) is 0 Å². The Hall–Kier alpha value is -1.30. The van der Waals surface area contributed by atoms with Gasteiger partial charge in [-0.05, 0) is 24.7 Å². The number of benzene rings is 1. The van der Waals surface area contributed by atoms with Crippen LogP contribution in [0.3, 0.4) is 0 Å². The monoisotopic (exact) mass is 241 g/mol. The van der Waals surface area contributed by atoms with Crippen molar-refractivity contribution in [2.45, 2.75) is 12.2 Å². The van der Waals surface area contributed by atoms with Crippen LogP contribution in [0.25, 0.3) is 0 Å². The van der Waals surface area contributed by atoms with E-state index in [0.717, 1.165) is 0 Å². The smallest absolute Gasteiger partial charge is 0.161 e. The van der Waals surface area contributed by atoms with Gasteiger partial charge in [-0.3, -0.25) is 0 Å². The number of hydrogen-bond acceptors (Lipinski definition) is 5. The molecule has 5 nitrogen and oxygen atoms in total. The Bertz CT molecular complexity index is 356. The first-order valence-corrected chi connectivity index (χ1v) is 5.36. The topological polar surface area (TPSA) is 71.0 Å². The number of aliphatic hydroxyl groups is 2. The second-order valence-electron chi connectivity index (χ2n) is 3.68. The fourth-order valence-corrected chi connectivity index (χ4v) is 1.58. The van der Waals surface area contributed by atoms with E-state index in [4.69, 9.17) is 9.47 Å². The Kier molecular flexibility index (Phi) is 5.21. The molecule has 5 heteroatoms. The molecule has 0 bridgehead atoms. The predicted molar refractivity (Wildman–Crippen MR) is 64.4 cm³/mol. The summed E-state index contributed by atoms with van der Waals surface area (Å²) in [5, 5.41) is 22.4. The number of methoxy groups -OCH3 is 2. The first-order valence-electron chi connectivity index (χ1n) is 5.36. The zero-order valence-electron chi connectivity index (χ0n) is 10.3. The first-order chi connectivity index (χ1) is 8.13. The van der Waals surface area contributed by atoms with Gasteiger partial charge in [0.2, 0.25) is 0 Å². The maximum Gasteiger partial charge on any atom is 0.161 e. The maximum atomic E-state index is 9.92. The minimum Gasteiger partial charge on any atom is -0.493 e. The lowest BCUT2D eigenvalue weighted by Gasteiger charge is -2.19. The summed E-state index contributed by atoms with van der Waals surface area (Å²) in [5.74, 6) is 1.12. The summed E-state index contributed by atoms with van der Waals surface area (Å²) >= 11 is 0. The molecule has 17 heavy (non-hydrogen) atoms. The minimum atomic E-state index is -0.956. The van der Waals surface area contributed by atoms with Crippen molar-refractivity contribution in [3.8, 4) is 11.5 Å². The van der Waals surface area contributed by atoms with Crippen LogP contribution in [0, 0.1) is 0 Å². The van der Waals surface area contributed by atoms with Crippen LogP contribution in [-0.2, 0) is 0 Å². The van der Waals surface area contributed by atoms with E-state index in [9.17, 15) is 10.2 Å². The van der Waals surface area contributed by atoms with Crippen molar-refractivity contribution in [1.82, 2.24) is 5.32 Å². The van der Waals surface area contributed by atoms with Gasteiger partial charge in [0.05, 0.1) is 20.3 Å². The first kappa shape index (κ1) is 13.8. The number of hydrogen-bond donors (Lipinski definition) is 3. The molecule has 3 N–H and O–H groups in total. The third kappa shape index (κ3) is 3.33. The molecule has 0 spiro atoms. The summed E-state index contributed by atoms with van der Waals surface area (Å²) in [6.45, 7) is 0.315. The van der Waals surface area contributed by atoms with Crippen LogP contribution in [-0.4, -0.2) is 44.1 Å². The fraction of sp³-hybridized carbons (Fsp3) is 0.500. The lowest BCUT2D eigenvalue weighted by atomic mass is 10.0. The third-order valence-electron chi connectivity index (χ3n) is 2.53. The van der Waals surface area contributed by atoms with Gasteiger partial charge < -0.3 is 25.0 Å². The SMILES string of the molecule is CNCC(O)C(O)c1ccc(OC)c(OC)c1. The van der Waals surface area contributed by atoms with E-state index >= 15 is 0 Å². The van der Waals surface area contributed by atoms with Gasteiger partial charge in [0.15, 0.2) is 11.5 Å². The number of ether oxygens (including phenoxy) is 2. The Morgan fingerprint density at radius 3 is 2.35 bits per heavy atom. The third-order valence-corrected chi connectivity index (χ3v) is 2.53. The van der Waals surface area contributed by atoms with E-state index in [-0.39, 0.29) is 0 Å². The van der Waals surface area contributed by atoms with Gasteiger partial charge in [-0.15, -0.1) is 0 Å². The highest BCUT2D eigenvalue weighted by molar-refractivity contribution is 5.43. The summed E-state index contributed by atoms with van der Waals surface area (Å²) in [6, 6.07) is 5.05. The van der Waals surface area contributed by atoms with Crippen molar-refractivity contribution < 1.29 is 19.7 Å². The highest BCUT2D eigenvalue weighted by Gasteiger charge is 2.19. The van der Waals surface area contributed by atoms with E-state index in [1.165, 1.54) is 7.11 Å². The van der Waals surface area contributed by atoms with Gasteiger partial charge in [-0.25, -0.2) is 0 Å². The maximum absolute atomic E-state index is 9.92. The Morgan fingerprint density at radius 2 is 1.82 bits per heavy atom. The summed E-state index contributed by atoms with van der Waals surface area (Å²) in [7, 11) is 4.78. The molecule has 0 saturated carbocycles. The lowest BCUT2D eigenvalue weighted by Crippen LogP contribution is -2.29. The van der Waals surface area contributed by atoms with Crippen LogP contribution in [0.2, 0.25) is 0 Å². The highest BCUT2D eigenvalue weighted by atomic mass is 16.5. The summed E-state index contributed by atoms with van der Waals surface area (Å²) in [6.07, 6.45) is -1.82. The van der Waals surface area contributed by atoms with Crippen molar-refractivity contribution in [3.05, 3.63) is 23.8 Å². The zero-order chi connectivity index (χ0) is 12.8. The Morgan fingerprint density at radius 1 is 1.18 bits per heavy atom. The van der Waals surface area contributed by atoms with Crippen molar-refractivity contribution in [3.63, 3.8) is 0 Å². The van der Waals surface area contributed by atoms with Crippen LogP contribution in [0.1, 0.15) is 11.7 Å². The minimum absolute atomic E-state index is 0.315. The molecule has 0 aliphatic rings. The normalized spacial score (nSPS) is 14.2. The van der Waals surface area contributed by atoms with Gasteiger partial charge >= 0.3 is 0 Å². The molecule has 1 aromatic rings. The van der Waals surface area contributed by atoms with E-state index in [1.54, 1.807) is 32.4 Å². The average Bonchev–Trinajstić information content (AvgIpc) is 2.37. The van der Waals surface area contributed by atoms with Crippen LogP contribution in [0.5, 0.6) is 11.5 Å². The molecule has 0 saturated heterocycles. The second kappa shape index (κ2) is 6.44. The Labute approximate surface area is 101 Å². The van der Waals surface area contributed by atoms with Crippen LogP contribution < -0.4 is 14.8 Å². The molecule has 96 valence electrons. The standard InChI is InChI=1S/C12H19NO4/c1-13-7-9(14)12(15)8-4-5-10(16-2)11(6-8)17-3/h4-6,9,12-15H,7H2,1-3H3. The van der Waals surface area contributed by atoms with E-state index < -0.39 is 12.2 Å². The van der Waals surface area contributed by atoms with Gasteiger partial charge in [0.1, 0.15) is 6.10 Å². The molecule has 0 radical (unpaired) electrons. The van der Waals surface area contributed by atoms with Crippen molar-refractivity contribution in [1.29, 1.82) is 0 Å². The number of nitrogens with one attached hydrogen (secondary N) is 1. The van der Waals surface area contributed by atoms with Gasteiger partial charge in [0.25, 0.3) is 0 Å². The van der Waals surface area contributed by atoms with Crippen molar-refractivity contribution in [2.75, 3.05) is 27.8 Å². The summed E-state index contributed by atoms with van der Waals surface area (Å²) in [4.78, 5) is 0. The van der Waals surface area contributed by atoms with Crippen molar-refractivity contribution in [2.24, 2.45) is 0 Å². The van der Waals surface area contributed by atoms with Crippen molar-refractivity contribution >= 4 is 0 Å². The molecule has 2 unspecified atom stereocenters. The van der Waals surface area contributed by atoms with E-state index in [2.05, 4.69) is 5.32 Å². The summed E-state index contributed by atoms with van der Waals surface area (Å²) < 4.78 is 10.2. The number of aliphatic hydroxyl groups excluding tert-OH is 2. The van der Waals surface area contributed by atoms with Crippen LogP contribution >= 0.6 is 0 Å². The predicted octanol–water partition coefficient (Wildman–Crippen LogP) is 0.317. The van der Waals surface area contributed by atoms with Crippen LogP contribution in [0.15, 0.2) is 18.2 Å². The number of rotatable bonds is 6. The fourth-order valence-electron chi connectivity index (χ4n) is 1.58. The molecule has 1 rings (SSSR count). The van der Waals surface area contributed by atoms with E-state index in [0.29, 0.717) is 23.6 Å². The zero-order valence-corrected chi connectivity index (χ0v) is 10.3. The van der Waals surface area contributed by atoms with E-state index in [1.807, 2.05) is 0 Å². The second-order valence-corrected chi connectivity index (χ2v) is 3.68. The lowest BCUT2D eigenvalue weighted by molar-refractivity contribution is 0.0201. The highest BCUT2D eigenvalue weighted by Crippen LogP contribution is 2.30. The molecule has 1 aromatic carbocycles. The van der Waals surface area contributed by atoms with Gasteiger partial charge in [-0.1, -0.05) is 6.07 Å². The molecular formula is C12H19NO4. The summed E-state index contributed by atoms with van der Waals surface area (Å²) in [5.41, 5.74) is 0.588. The molecule has 0 fully saturated rings.